The molecule has 0 unspecified atom stereocenters. The van der Waals surface area contributed by atoms with Crippen molar-refractivity contribution in [2.75, 3.05) is 11.9 Å². The summed E-state index contributed by atoms with van der Waals surface area (Å²) >= 11 is 0. The van der Waals surface area contributed by atoms with E-state index in [9.17, 15) is 4.79 Å². The molecule has 0 aromatic carbocycles. The van der Waals surface area contributed by atoms with E-state index < -0.39 is 0 Å². The third kappa shape index (κ3) is 3.35. The number of ether oxygens (including phenoxy) is 1. The van der Waals surface area contributed by atoms with E-state index in [0.29, 0.717) is 5.92 Å². The number of nitrogens with one attached hydrogen (secondary N) is 1. The van der Waals surface area contributed by atoms with Crippen LogP contribution in [0, 0.1) is 5.92 Å². The molecule has 2 aliphatic rings. The summed E-state index contributed by atoms with van der Waals surface area (Å²) in [6, 6.07) is 2.06. The number of aryl methyl sites for hydroxylation is 1. The topological polar surface area (TPSA) is 56.1 Å². The summed E-state index contributed by atoms with van der Waals surface area (Å²) in [5.74, 6) is 1.37. The third-order valence-electron chi connectivity index (χ3n) is 5.12. The first-order chi connectivity index (χ1) is 10.6. The predicted molar refractivity (Wildman–Crippen MR) is 85.8 cm³/mol. The molecular formula is C17H27N3O2. The van der Waals surface area contributed by atoms with Crippen molar-refractivity contribution in [1.82, 2.24) is 9.78 Å². The average molecular weight is 305 g/mol. The van der Waals surface area contributed by atoms with Crippen molar-refractivity contribution >= 4 is 11.7 Å². The molecular weight excluding hydrogens is 278 g/mol. The third-order valence-corrected chi connectivity index (χ3v) is 5.12. The number of anilines is 1. The number of carbonyl (C=O) groups excluding carboxylic acids is 1. The summed E-state index contributed by atoms with van der Waals surface area (Å²) in [6.07, 6.45) is 8.23. The van der Waals surface area contributed by atoms with Crippen molar-refractivity contribution in [3.8, 4) is 0 Å². The molecule has 1 saturated heterocycles. The van der Waals surface area contributed by atoms with E-state index in [1.807, 2.05) is 14.0 Å². The summed E-state index contributed by atoms with van der Waals surface area (Å²) in [4.78, 5) is 12.5. The Balaban J connectivity index is 1.66. The molecule has 1 N–H and O–H groups in total. The molecule has 0 bridgehead atoms. The van der Waals surface area contributed by atoms with Crippen LogP contribution in [0.4, 0.5) is 5.82 Å². The van der Waals surface area contributed by atoms with Crippen LogP contribution in [-0.4, -0.2) is 28.4 Å². The Hall–Kier alpha value is -1.36. The van der Waals surface area contributed by atoms with Gasteiger partial charge in [-0.05, 0) is 32.6 Å². The molecule has 2 atom stereocenters. The van der Waals surface area contributed by atoms with Gasteiger partial charge in [-0.2, -0.15) is 5.10 Å². The van der Waals surface area contributed by atoms with Crippen LogP contribution >= 0.6 is 0 Å². The largest absolute Gasteiger partial charge is 0.378 e. The lowest BCUT2D eigenvalue weighted by Crippen LogP contribution is -2.36. The number of aromatic nitrogens is 2. The SMILES string of the molecule is C[C@@H]1OCCC[C@@H]1C(=O)Nc1cc(C2CCCCC2)nn1C. The van der Waals surface area contributed by atoms with Crippen LogP contribution in [0.25, 0.3) is 0 Å². The Morgan fingerprint density at radius 2 is 2.05 bits per heavy atom. The standard InChI is InChI=1S/C17H27N3O2/c1-12-14(9-6-10-22-12)17(21)18-16-11-15(19-20(16)2)13-7-4-3-5-8-13/h11-14H,3-10H2,1-2H3,(H,18,21)/t12-,14-/m0/s1. The maximum Gasteiger partial charge on any atom is 0.231 e. The van der Waals surface area contributed by atoms with Gasteiger partial charge in [-0.1, -0.05) is 19.3 Å². The van der Waals surface area contributed by atoms with Gasteiger partial charge in [0, 0.05) is 25.6 Å². The van der Waals surface area contributed by atoms with Gasteiger partial charge in [0.1, 0.15) is 5.82 Å². The van der Waals surface area contributed by atoms with E-state index >= 15 is 0 Å². The molecule has 122 valence electrons. The lowest BCUT2D eigenvalue weighted by atomic mass is 9.87. The van der Waals surface area contributed by atoms with Crippen LogP contribution in [0.2, 0.25) is 0 Å². The Morgan fingerprint density at radius 1 is 1.27 bits per heavy atom. The second-order valence-electron chi connectivity index (χ2n) is 6.73. The molecule has 5 heteroatoms. The number of hydrogen-bond donors (Lipinski definition) is 1. The molecule has 1 aromatic rings. The van der Waals surface area contributed by atoms with Crippen molar-refractivity contribution in [2.24, 2.45) is 13.0 Å². The highest BCUT2D eigenvalue weighted by Crippen LogP contribution is 2.33. The number of rotatable bonds is 3. The molecule has 1 aromatic heterocycles. The van der Waals surface area contributed by atoms with Gasteiger partial charge in [0.25, 0.3) is 0 Å². The van der Waals surface area contributed by atoms with E-state index in [-0.39, 0.29) is 17.9 Å². The molecule has 22 heavy (non-hydrogen) atoms. The average Bonchev–Trinajstić information content (AvgIpc) is 2.89. The van der Waals surface area contributed by atoms with Crippen molar-refractivity contribution in [2.45, 2.75) is 63.9 Å². The minimum atomic E-state index is -0.0539. The van der Waals surface area contributed by atoms with Gasteiger partial charge in [-0.15, -0.1) is 0 Å². The van der Waals surface area contributed by atoms with Crippen molar-refractivity contribution in [3.05, 3.63) is 11.8 Å². The fourth-order valence-corrected chi connectivity index (χ4v) is 3.69. The highest BCUT2D eigenvalue weighted by molar-refractivity contribution is 5.92. The van der Waals surface area contributed by atoms with Gasteiger partial charge in [-0.3, -0.25) is 9.48 Å². The lowest BCUT2D eigenvalue weighted by molar-refractivity contribution is -0.127. The monoisotopic (exact) mass is 305 g/mol. The van der Waals surface area contributed by atoms with Gasteiger partial charge >= 0.3 is 0 Å². The summed E-state index contributed by atoms with van der Waals surface area (Å²) in [6.45, 7) is 2.75. The smallest absolute Gasteiger partial charge is 0.231 e. The highest BCUT2D eigenvalue weighted by Gasteiger charge is 2.29. The summed E-state index contributed by atoms with van der Waals surface area (Å²) in [7, 11) is 1.91. The molecule has 1 amide bonds. The van der Waals surface area contributed by atoms with Gasteiger partial charge in [0.2, 0.25) is 5.91 Å². The fraction of sp³-hybridized carbons (Fsp3) is 0.765. The number of carbonyl (C=O) groups is 1. The molecule has 0 spiro atoms. The zero-order valence-electron chi connectivity index (χ0n) is 13.7. The van der Waals surface area contributed by atoms with Gasteiger partial charge in [0.05, 0.1) is 17.7 Å². The first-order valence-electron chi connectivity index (χ1n) is 8.61. The van der Waals surface area contributed by atoms with Crippen LogP contribution in [0.5, 0.6) is 0 Å². The maximum atomic E-state index is 12.5. The fourth-order valence-electron chi connectivity index (χ4n) is 3.69. The zero-order valence-corrected chi connectivity index (χ0v) is 13.7. The van der Waals surface area contributed by atoms with Crippen LogP contribution in [0.3, 0.4) is 0 Å². The lowest BCUT2D eigenvalue weighted by Gasteiger charge is -2.27. The predicted octanol–water partition coefficient (Wildman–Crippen LogP) is 3.22. The summed E-state index contributed by atoms with van der Waals surface area (Å²) in [5.41, 5.74) is 1.13. The number of nitrogens with zero attached hydrogens (tertiary/aromatic N) is 2. The normalized spacial score (nSPS) is 26.8. The highest BCUT2D eigenvalue weighted by atomic mass is 16.5. The van der Waals surface area contributed by atoms with Gasteiger partial charge in [-0.25, -0.2) is 0 Å². The number of amides is 1. The molecule has 1 saturated carbocycles. The van der Waals surface area contributed by atoms with Crippen LogP contribution in [0.15, 0.2) is 6.07 Å². The Morgan fingerprint density at radius 3 is 2.77 bits per heavy atom. The quantitative estimate of drug-likeness (QED) is 0.933. The molecule has 2 fully saturated rings. The summed E-state index contributed by atoms with van der Waals surface area (Å²) in [5, 5.41) is 7.67. The van der Waals surface area contributed by atoms with Crippen molar-refractivity contribution in [1.29, 1.82) is 0 Å². The molecule has 1 aliphatic carbocycles. The first kappa shape index (κ1) is 15.5. The minimum absolute atomic E-state index is 0.000192. The molecule has 2 heterocycles. The maximum absolute atomic E-state index is 12.5. The molecule has 1 aliphatic heterocycles. The molecule has 5 nitrogen and oxygen atoms in total. The van der Waals surface area contributed by atoms with E-state index in [1.165, 1.54) is 32.1 Å². The van der Waals surface area contributed by atoms with Crippen LogP contribution in [-0.2, 0) is 16.6 Å². The Bertz CT molecular complexity index is 520. The second kappa shape index (κ2) is 6.82. The van der Waals surface area contributed by atoms with Gasteiger partial charge < -0.3 is 10.1 Å². The Kier molecular flexibility index (Phi) is 4.81. The minimum Gasteiger partial charge on any atom is -0.378 e. The van der Waals surface area contributed by atoms with E-state index in [2.05, 4.69) is 16.5 Å². The zero-order chi connectivity index (χ0) is 15.5. The molecule has 3 rings (SSSR count). The van der Waals surface area contributed by atoms with Crippen LogP contribution in [0.1, 0.15) is 63.5 Å². The van der Waals surface area contributed by atoms with Crippen molar-refractivity contribution in [3.63, 3.8) is 0 Å². The first-order valence-corrected chi connectivity index (χ1v) is 8.61. The number of hydrogen-bond acceptors (Lipinski definition) is 3. The van der Waals surface area contributed by atoms with E-state index in [4.69, 9.17) is 4.74 Å². The summed E-state index contributed by atoms with van der Waals surface area (Å²) < 4.78 is 7.40. The van der Waals surface area contributed by atoms with Crippen LogP contribution < -0.4 is 5.32 Å². The van der Waals surface area contributed by atoms with Gasteiger partial charge in [0.15, 0.2) is 0 Å². The molecule has 0 radical (unpaired) electrons. The van der Waals surface area contributed by atoms with Crippen molar-refractivity contribution < 1.29 is 9.53 Å². The second-order valence-corrected chi connectivity index (χ2v) is 6.73. The Labute approximate surface area is 132 Å². The van der Waals surface area contributed by atoms with E-state index in [0.717, 1.165) is 31.0 Å². The van der Waals surface area contributed by atoms with E-state index in [1.54, 1.807) is 4.68 Å².